The van der Waals surface area contributed by atoms with Crippen molar-refractivity contribution >= 4 is 17.9 Å². The second-order valence-electron chi connectivity index (χ2n) is 5.12. The number of halogens is 3. The number of benzene rings is 1. The Balaban J connectivity index is 2.89. The Morgan fingerprint density at radius 2 is 2.00 bits per heavy atom. The number of carbonyl (C=O) groups excluding carboxylic acids is 2. The third-order valence-electron chi connectivity index (χ3n) is 3.01. The minimum absolute atomic E-state index is 0.230. The Hall–Kier alpha value is -2.97. The van der Waals surface area contributed by atoms with E-state index in [9.17, 15) is 22.8 Å². The molecule has 2 amide bonds. The lowest BCUT2D eigenvalue weighted by Gasteiger charge is -2.20. The SMILES string of the molecule is C=CCN(CC(F)(F)F)C(=O)/C=C/c1ccc(OCC(N)=O)c(OC)c1. The first-order valence-corrected chi connectivity index (χ1v) is 7.40. The molecule has 1 aromatic rings. The van der Waals surface area contributed by atoms with Crippen LogP contribution in [0.1, 0.15) is 5.56 Å². The van der Waals surface area contributed by atoms with Gasteiger partial charge in [0.25, 0.3) is 5.91 Å². The number of hydrogen-bond donors (Lipinski definition) is 1. The van der Waals surface area contributed by atoms with Gasteiger partial charge in [-0.3, -0.25) is 9.59 Å². The van der Waals surface area contributed by atoms with Crippen molar-refractivity contribution in [1.29, 1.82) is 0 Å². The molecule has 1 rings (SSSR count). The highest BCUT2D eigenvalue weighted by Gasteiger charge is 2.31. The quantitative estimate of drug-likeness (QED) is 0.532. The standard InChI is InChI=1S/C17H19F3N2O4/c1-3-8-22(11-17(18,19)20)16(24)7-5-12-4-6-13(14(9-12)25-2)26-10-15(21)23/h3-7,9H,1,8,10-11H2,2H3,(H2,21,23)/b7-5+. The normalized spacial score (nSPS) is 11.2. The molecule has 0 saturated carbocycles. The van der Waals surface area contributed by atoms with Crippen LogP contribution in [0.3, 0.4) is 0 Å². The number of rotatable bonds is 9. The number of carbonyl (C=O) groups is 2. The number of nitrogens with zero attached hydrogens (tertiary/aromatic N) is 1. The minimum atomic E-state index is -4.50. The fourth-order valence-electron chi connectivity index (χ4n) is 1.93. The molecule has 1 aromatic carbocycles. The maximum Gasteiger partial charge on any atom is 0.406 e. The molecule has 0 aliphatic rings. The van der Waals surface area contributed by atoms with E-state index in [4.69, 9.17) is 15.2 Å². The summed E-state index contributed by atoms with van der Waals surface area (Å²) in [7, 11) is 1.38. The average Bonchev–Trinajstić information content (AvgIpc) is 2.56. The summed E-state index contributed by atoms with van der Waals surface area (Å²) in [6.07, 6.45) is -0.927. The van der Waals surface area contributed by atoms with Crippen LogP contribution in [-0.2, 0) is 9.59 Å². The van der Waals surface area contributed by atoms with E-state index in [1.54, 1.807) is 6.07 Å². The van der Waals surface area contributed by atoms with Gasteiger partial charge in [-0.2, -0.15) is 13.2 Å². The molecule has 0 aliphatic heterocycles. The highest BCUT2D eigenvalue weighted by atomic mass is 19.4. The fourth-order valence-corrected chi connectivity index (χ4v) is 1.93. The molecule has 0 radical (unpaired) electrons. The van der Waals surface area contributed by atoms with E-state index in [-0.39, 0.29) is 24.7 Å². The van der Waals surface area contributed by atoms with Crippen LogP contribution in [0, 0.1) is 0 Å². The molecule has 26 heavy (non-hydrogen) atoms. The van der Waals surface area contributed by atoms with Crippen LogP contribution in [0.15, 0.2) is 36.9 Å². The van der Waals surface area contributed by atoms with Crippen LogP contribution in [0.5, 0.6) is 11.5 Å². The Kier molecular flexibility index (Phi) is 7.70. The van der Waals surface area contributed by atoms with Gasteiger partial charge in [0.15, 0.2) is 18.1 Å². The zero-order valence-electron chi connectivity index (χ0n) is 14.1. The lowest BCUT2D eigenvalue weighted by atomic mass is 10.2. The Labute approximate surface area is 148 Å². The summed E-state index contributed by atoms with van der Waals surface area (Å²) in [5.74, 6) is -0.928. The lowest BCUT2D eigenvalue weighted by molar-refractivity contribution is -0.157. The van der Waals surface area contributed by atoms with Crippen LogP contribution >= 0.6 is 0 Å². The molecule has 0 unspecified atom stereocenters. The van der Waals surface area contributed by atoms with Gasteiger partial charge in [-0.15, -0.1) is 6.58 Å². The summed E-state index contributed by atoms with van der Waals surface area (Å²) in [4.78, 5) is 23.3. The predicted octanol–water partition coefficient (Wildman–Crippen LogP) is 2.15. The molecule has 0 bridgehead atoms. The third-order valence-corrected chi connectivity index (χ3v) is 3.01. The topological polar surface area (TPSA) is 81.9 Å². The second-order valence-corrected chi connectivity index (χ2v) is 5.12. The Morgan fingerprint density at radius 3 is 2.54 bits per heavy atom. The number of amides is 2. The van der Waals surface area contributed by atoms with Crippen LogP contribution < -0.4 is 15.2 Å². The van der Waals surface area contributed by atoms with E-state index in [1.807, 2.05) is 0 Å². The predicted molar refractivity (Wildman–Crippen MR) is 89.5 cm³/mol. The zero-order valence-corrected chi connectivity index (χ0v) is 14.1. The van der Waals surface area contributed by atoms with Crippen molar-refractivity contribution in [2.45, 2.75) is 6.18 Å². The molecule has 9 heteroatoms. The summed E-state index contributed by atoms with van der Waals surface area (Å²) >= 11 is 0. The second kappa shape index (κ2) is 9.50. The maximum atomic E-state index is 12.5. The molecular weight excluding hydrogens is 353 g/mol. The molecule has 0 aliphatic carbocycles. The Bertz CT molecular complexity index is 687. The van der Waals surface area contributed by atoms with E-state index >= 15 is 0 Å². The molecule has 6 nitrogen and oxygen atoms in total. The highest BCUT2D eigenvalue weighted by Crippen LogP contribution is 2.28. The number of methoxy groups -OCH3 is 1. The van der Waals surface area contributed by atoms with Gasteiger partial charge in [0.2, 0.25) is 5.91 Å². The van der Waals surface area contributed by atoms with E-state index < -0.39 is 24.5 Å². The lowest BCUT2D eigenvalue weighted by Crippen LogP contribution is -2.38. The van der Waals surface area contributed by atoms with E-state index in [1.165, 1.54) is 31.4 Å². The molecule has 0 atom stereocenters. The van der Waals surface area contributed by atoms with Crippen molar-refractivity contribution < 1.29 is 32.2 Å². The smallest absolute Gasteiger partial charge is 0.406 e. The van der Waals surface area contributed by atoms with Crippen molar-refractivity contribution in [1.82, 2.24) is 4.90 Å². The molecule has 0 saturated heterocycles. The van der Waals surface area contributed by atoms with Crippen molar-refractivity contribution in [2.24, 2.45) is 5.73 Å². The van der Waals surface area contributed by atoms with E-state index in [2.05, 4.69) is 6.58 Å². The summed E-state index contributed by atoms with van der Waals surface area (Å²) < 4.78 is 47.8. The summed E-state index contributed by atoms with van der Waals surface area (Å²) in [6, 6.07) is 4.54. The summed E-state index contributed by atoms with van der Waals surface area (Å²) in [6.45, 7) is 1.41. The molecule has 0 aromatic heterocycles. The summed E-state index contributed by atoms with van der Waals surface area (Å²) in [5, 5.41) is 0. The van der Waals surface area contributed by atoms with E-state index in [0.29, 0.717) is 10.5 Å². The van der Waals surface area contributed by atoms with Gasteiger partial charge < -0.3 is 20.1 Å². The molecule has 142 valence electrons. The maximum absolute atomic E-state index is 12.5. The van der Waals surface area contributed by atoms with Crippen molar-refractivity contribution in [2.75, 3.05) is 26.8 Å². The van der Waals surface area contributed by atoms with Crippen molar-refractivity contribution in [3.8, 4) is 11.5 Å². The molecule has 2 N–H and O–H groups in total. The first-order chi connectivity index (χ1) is 12.2. The van der Waals surface area contributed by atoms with Crippen molar-refractivity contribution in [3.05, 3.63) is 42.5 Å². The van der Waals surface area contributed by atoms with Gasteiger partial charge in [0.05, 0.1) is 7.11 Å². The fraction of sp³-hybridized carbons (Fsp3) is 0.294. The Morgan fingerprint density at radius 1 is 1.31 bits per heavy atom. The van der Waals surface area contributed by atoms with Gasteiger partial charge in [-0.25, -0.2) is 0 Å². The van der Waals surface area contributed by atoms with Crippen LogP contribution in [0.25, 0.3) is 6.08 Å². The van der Waals surface area contributed by atoms with Gasteiger partial charge in [0, 0.05) is 12.6 Å². The highest BCUT2D eigenvalue weighted by molar-refractivity contribution is 5.92. The van der Waals surface area contributed by atoms with Gasteiger partial charge in [-0.05, 0) is 23.8 Å². The number of alkyl halides is 3. The monoisotopic (exact) mass is 372 g/mol. The van der Waals surface area contributed by atoms with Gasteiger partial charge in [-0.1, -0.05) is 12.1 Å². The van der Waals surface area contributed by atoms with Crippen molar-refractivity contribution in [3.63, 3.8) is 0 Å². The van der Waals surface area contributed by atoms with Gasteiger partial charge in [0.1, 0.15) is 6.54 Å². The number of hydrogen-bond acceptors (Lipinski definition) is 4. The van der Waals surface area contributed by atoms with Crippen LogP contribution in [0.4, 0.5) is 13.2 Å². The summed E-state index contributed by atoms with van der Waals surface area (Å²) in [5.41, 5.74) is 5.49. The number of ether oxygens (including phenoxy) is 2. The molecular formula is C17H19F3N2O4. The average molecular weight is 372 g/mol. The first-order valence-electron chi connectivity index (χ1n) is 7.40. The third kappa shape index (κ3) is 7.29. The zero-order chi connectivity index (χ0) is 19.7. The molecule has 0 fully saturated rings. The first kappa shape index (κ1) is 21.1. The van der Waals surface area contributed by atoms with Crippen LogP contribution in [-0.4, -0.2) is 49.7 Å². The van der Waals surface area contributed by atoms with E-state index in [0.717, 1.165) is 6.08 Å². The van der Waals surface area contributed by atoms with Gasteiger partial charge >= 0.3 is 6.18 Å². The number of nitrogens with two attached hydrogens (primary N) is 1. The molecule has 0 spiro atoms. The molecule has 0 heterocycles. The minimum Gasteiger partial charge on any atom is -0.493 e. The largest absolute Gasteiger partial charge is 0.493 e. The number of primary amides is 1. The van der Waals surface area contributed by atoms with Crippen LogP contribution in [0.2, 0.25) is 0 Å².